The molecule has 1 amide bonds. The second kappa shape index (κ2) is 5.01. The van der Waals surface area contributed by atoms with Crippen LogP contribution in [0, 0.1) is 0 Å². The highest BCUT2D eigenvalue weighted by molar-refractivity contribution is 7.07. The molecule has 1 fully saturated rings. The van der Waals surface area contributed by atoms with Crippen LogP contribution in [0.25, 0.3) is 0 Å². The van der Waals surface area contributed by atoms with Crippen LogP contribution in [0.1, 0.15) is 28.8 Å². The molecule has 5 heteroatoms. The lowest BCUT2D eigenvalue weighted by atomic mass is 10.2. The Hall–Kier alpha value is -1.88. The predicted octanol–water partition coefficient (Wildman–Crippen LogP) is 2.24. The number of amides is 1. The Kier molecular flexibility index (Phi) is 3.21. The Bertz CT molecular complexity index is 629. The van der Waals surface area contributed by atoms with Crippen molar-refractivity contribution in [1.82, 2.24) is 9.88 Å². The molecular formula is C14H14N2O2S. The van der Waals surface area contributed by atoms with Gasteiger partial charge in [0.05, 0.1) is 0 Å². The summed E-state index contributed by atoms with van der Waals surface area (Å²) in [5.74, 6) is -0.171. The summed E-state index contributed by atoms with van der Waals surface area (Å²) in [6.45, 7) is 0.585. The second-order valence-electron chi connectivity index (χ2n) is 4.72. The first-order chi connectivity index (χ1) is 9.25. The van der Waals surface area contributed by atoms with E-state index in [-0.39, 0.29) is 22.9 Å². The van der Waals surface area contributed by atoms with Crippen molar-refractivity contribution in [3.8, 4) is 0 Å². The SMILES string of the molecule is O=C(c1c[nH]ccc1=O)N(Cc1ccsc1)C1CC1. The highest BCUT2D eigenvalue weighted by Gasteiger charge is 2.33. The molecule has 3 rings (SSSR count). The van der Waals surface area contributed by atoms with Gasteiger partial charge in [0, 0.05) is 31.0 Å². The number of aromatic nitrogens is 1. The number of hydrogen-bond donors (Lipinski definition) is 1. The molecule has 0 radical (unpaired) electrons. The molecule has 4 nitrogen and oxygen atoms in total. The second-order valence-corrected chi connectivity index (χ2v) is 5.50. The fourth-order valence-corrected chi connectivity index (χ4v) is 2.73. The highest BCUT2D eigenvalue weighted by atomic mass is 32.1. The molecule has 0 spiro atoms. The quantitative estimate of drug-likeness (QED) is 0.929. The molecule has 2 heterocycles. The summed E-state index contributed by atoms with van der Waals surface area (Å²) in [7, 11) is 0. The van der Waals surface area contributed by atoms with Crippen LogP contribution in [-0.2, 0) is 6.54 Å². The minimum absolute atomic E-state index is 0.171. The molecular weight excluding hydrogens is 260 g/mol. The van der Waals surface area contributed by atoms with E-state index in [0.717, 1.165) is 18.4 Å². The topological polar surface area (TPSA) is 53.2 Å². The molecule has 0 bridgehead atoms. The summed E-state index contributed by atoms with van der Waals surface area (Å²) in [5, 5.41) is 4.04. The molecule has 2 aromatic heterocycles. The fraction of sp³-hybridized carbons (Fsp3) is 0.286. The van der Waals surface area contributed by atoms with Gasteiger partial charge in [0.15, 0.2) is 5.43 Å². The molecule has 98 valence electrons. The molecule has 0 aliphatic heterocycles. The summed E-state index contributed by atoms with van der Waals surface area (Å²) in [6.07, 6.45) is 5.09. The van der Waals surface area contributed by atoms with Gasteiger partial charge in [-0.3, -0.25) is 9.59 Å². The number of pyridine rings is 1. The summed E-state index contributed by atoms with van der Waals surface area (Å²) in [5.41, 5.74) is 1.13. The van der Waals surface area contributed by atoms with E-state index in [0.29, 0.717) is 6.54 Å². The van der Waals surface area contributed by atoms with Crippen molar-refractivity contribution in [3.05, 3.63) is 56.6 Å². The summed E-state index contributed by atoms with van der Waals surface area (Å²) >= 11 is 1.62. The van der Waals surface area contributed by atoms with E-state index in [2.05, 4.69) is 4.98 Å². The highest BCUT2D eigenvalue weighted by Crippen LogP contribution is 2.29. The zero-order valence-electron chi connectivity index (χ0n) is 10.3. The Labute approximate surface area is 114 Å². The van der Waals surface area contributed by atoms with Crippen molar-refractivity contribution in [2.24, 2.45) is 0 Å². The molecule has 2 aromatic rings. The van der Waals surface area contributed by atoms with Crippen LogP contribution < -0.4 is 5.43 Å². The van der Waals surface area contributed by atoms with Gasteiger partial charge >= 0.3 is 0 Å². The Morgan fingerprint density at radius 1 is 1.42 bits per heavy atom. The molecule has 0 saturated heterocycles. The number of carbonyl (C=O) groups excluding carboxylic acids is 1. The zero-order valence-corrected chi connectivity index (χ0v) is 11.2. The smallest absolute Gasteiger partial charge is 0.259 e. The third-order valence-corrected chi connectivity index (χ3v) is 3.97. The third kappa shape index (κ3) is 2.61. The Morgan fingerprint density at radius 3 is 2.89 bits per heavy atom. The van der Waals surface area contributed by atoms with Gasteiger partial charge in [-0.05, 0) is 35.2 Å². The van der Waals surface area contributed by atoms with Gasteiger partial charge in [-0.25, -0.2) is 0 Å². The van der Waals surface area contributed by atoms with Crippen LogP contribution in [0.3, 0.4) is 0 Å². The number of aromatic amines is 1. The first-order valence-electron chi connectivity index (χ1n) is 6.25. The fourth-order valence-electron chi connectivity index (χ4n) is 2.07. The minimum atomic E-state index is -0.222. The average Bonchev–Trinajstić information content (AvgIpc) is 3.13. The van der Waals surface area contributed by atoms with Gasteiger partial charge < -0.3 is 9.88 Å². The number of thiophene rings is 1. The monoisotopic (exact) mass is 274 g/mol. The predicted molar refractivity (Wildman–Crippen MR) is 74.3 cm³/mol. The van der Waals surface area contributed by atoms with E-state index in [1.54, 1.807) is 17.5 Å². The summed E-state index contributed by atoms with van der Waals surface area (Å²) in [6, 6.07) is 3.69. The molecule has 0 unspecified atom stereocenters. The van der Waals surface area contributed by atoms with Crippen molar-refractivity contribution in [2.45, 2.75) is 25.4 Å². The average molecular weight is 274 g/mol. The summed E-state index contributed by atoms with van der Waals surface area (Å²) < 4.78 is 0. The van der Waals surface area contributed by atoms with Crippen LogP contribution in [0.5, 0.6) is 0 Å². The van der Waals surface area contributed by atoms with Crippen LogP contribution in [0.4, 0.5) is 0 Å². The number of H-pyrrole nitrogens is 1. The van der Waals surface area contributed by atoms with E-state index < -0.39 is 0 Å². The first-order valence-corrected chi connectivity index (χ1v) is 7.19. The maximum Gasteiger partial charge on any atom is 0.259 e. The molecule has 1 N–H and O–H groups in total. The lowest BCUT2D eigenvalue weighted by Gasteiger charge is -2.21. The Morgan fingerprint density at radius 2 is 2.26 bits per heavy atom. The normalized spacial score (nSPS) is 14.3. The van der Waals surface area contributed by atoms with Crippen LogP contribution >= 0.6 is 11.3 Å². The van der Waals surface area contributed by atoms with Crippen molar-refractivity contribution < 1.29 is 4.79 Å². The Balaban J connectivity index is 1.86. The maximum absolute atomic E-state index is 12.5. The number of nitrogens with zero attached hydrogens (tertiary/aromatic N) is 1. The number of nitrogens with one attached hydrogen (secondary N) is 1. The van der Waals surface area contributed by atoms with E-state index >= 15 is 0 Å². The third-order valence-electron chi connectivity index (χ3n) is 3.24. The molecule has 0 aromatic carbocycles. The van der Waals surface area contributed by atoms with Crippen LogP contribution in [0.2, 0.25) is 0 Å². The number of hydrogen-bond acceptors (Lipinski definition) is 3. The standard InChI is InChI=1S/C14H14N2O2S/c17-13-3-5-15-7-12(13)14(18)16(11-1-2-11)8-10-4-6-19-9-10/h3-7,9,11H,1-2,8H2,(H,15,17). The van der Waals surface area contributed by atoms with Gasteiger partial charge in [0.2, 0.25) is 0 Å². The summed E-state index contributed by atoms with van der Waals surface area (Å²) in [4.78, 5) is 28.9. The van der Waals surface area contributed by atoms with E-state index in [1.807, 2.05) is 21.7 Å². The maximum atomic E-state index is 12.5. The van der Waals surface area contributed by atoms with Crippen molar-refractivity contribution in [3.63, 3.8) is 0 Å². The van der Waals surface area contributed by atoms with E-state index in [1.165, 1.54) is 12.3 Å². The first kappa shape index (κ1) is 12.2. The molecule has 19 heavy (non-hydrogen) atoms. The van der Waals surface area contributed by atoms with Gasteiger partial charge in [0.1, 0.15) is 5.56 Å². The lowest BCUT2D eigenvalue weighted by Crippen LogP contribution is -2.35. The van der Waals surface area contributed by atoms with E-state index in [9.17, 15) is 9.59 Å². The van der Waals surface area contributed by atoms with E-state index in [4.69, 9.17) is 0 Å². The number of rotatable bonds is 4. The minimum Gasteiger partial charge on any atom is -0.367 e. The van der Waals surface area contributed by atoms with Gasteiger partial charge in [-0.1, -0.05) is 0 Å². The number of carbonyl (C=O) groups is 1. The van der Waals surface area contributed by atoms with Crippen molar-refractivity contribution in [2.75, 3.05) is 0 Å². The lowest BCUT2D eigenvalue weighted by molar-refractivity contribution is 0.0728. The van der Waals surface area contributed by atoms with Crippen LogP contribution in [-0.4, -0.2) is 21.8 Å². The molecule has 1 aliphatic carbocycles. The largest absolute Gasteiger partial charge is 0.367 e. The van der Waals surface area contributed by atoms with Gasteiger partial charge in [0.25, 0.3) is 5.91 Å². The van der Waals surface area contributed by atoms with Gasteiger partial charge in [-0.15, -0.1) is 0 Å². The van der Waals surface area contributed by atoms with Crippen LogP contribution in [0.15, 0.2) is 40.1 Å². The van der Waals surface area contributed by atoms with Crippen molar-refractivity contribution in [1.29, 1.82) is 0 Å². The van der Waals surface area contributed by atoms with Crippen molar-refractivity contribution >= 4 is 17.2 Å². The zero-order chi connectivity index (χ0) is 13.2. The molecule has 1 saturated carbocycles. The molecule has 1 aliphatic rings. The molecule has 0 atom stereocenters. The van der Waals surface area contributed by atoms with Gasteiger partial charge in [-0.2, -0.15) is 11.3 Å².